The Balaban J connectivity index is 0. The van der Waals surface area contributed by atoms with E-state index in [1.165, 1.54) is 0 Å². The van der Waals surface area contributed by atoms with Crippen molar-refractivity contribution in [3.05, 3.63) is 7.43 Å². The second-order valence-corrected chi connectivity index (χ2v) is 3.00. The molecule has 0 amide bonds. The molecule has 0 aromatic heterocycles. The van der Waals surface area contributed by atoms with E-state index in [0.29, 0.717) is 4.09 Å². The maximum atomic E-state index is 2.19. The van der Waals surface area contributed by atoms with Crippen molar-refractivity contribution in [3.63, 3.8) is 0 Å². The van der Waals surface area contributed by atoms with Gasteiger partial charge in [-0.05, 0) is 0 Å². The van der Waals surface area contributed by atoms with Gasteiger partial charge in [-0.1, -0.05) is 7.43 Å². The Hall–Kier alpha value is 0.597. The average Bonchev–Trinajstić information content (AvgIpc) is 0.722. The van der Waals surface area contributed by atoms with Crippen molar-refractivity contribution in [1.29, 1.82) is 0 Å². The van der Waals surface area contributed by atoms with Crippen molar-refractivity contribution in [2.75, 3.05) is 0 Å². The molecule has 1 radical (unpaired) electrons. The SMILES string of the molecule is [CH3].[Li][C](C)(C)C. The molecule has 0 atom stereocenters. The Bertz CT molecular complexity index is 19.4. The van der Waals surface area contributed by atoms with Gasteiger partial charge < -0.3 is 0 Å². The van der Waals surface area contributed by atoms with Gasteiger partial charge in [-0.3, -0.25) is 0 Å². The summed E-state index contributed by atoms with van der Waals surface area (Å²) in [5, 5.41) is 0. The Labute approximate surface area is 50.5 Å². The van der Waals surface area contributed by atoms with Gasteiger partial charge in [0.15, 0.2) is 0 Å². The van der Waals surface area contributed by atoms with Gasteiger partial charge in [0.1, 0.15) is 0 Å². The molecule has 1 heteroatoms. The molecule has 0 aromatic carbocycles. The van der Waals surface area contributed by atoms with Crippen LogP contribution in [0.15, 0.2) is 0 Å². The molecule has 33 valence electrons. The summed E-state index contributed by atoms with van der Waals surface area (Å²) in [4.78, 5) is 0. The molecular weight excluding hydrogens is 67.0 g/mol. The first-order valence-electron chi connectivity index (χ1n) is 2.00. The summed E-state index contributed by atoms with van der Waals surface area (Å²) in [6, 6.07) is 0. The fraction of sp³-hybridized carbons (Fsp3) is 0.800. The fourth-order valence-corrected chi connectivity index (χ4v) is 0. The predicted molar refractivity (Wildman–Crippen MR) is 31.9 cm³/mol. The molecule has 0 saturated heterocycles. The Morgan fingerprint density at radius 1 is 1.17 bits per heavy atom. The molecule has 0 aliphatic carbocycles. The van der Waals surface area contributed by atoms with Gasteiger partial charge in [-0.2, -0.15) is 0 Å². The summed E-state index contributed by atoms with van der Waals surface area (Å²) in [6.07, 6.45) is 0. The molecule has 6 heavy (non-hydrogen) atoms. The molecule has 0 nitrogen and oxygen atoms in total. The van der Waals surface area contributed by atoms with Crippen molar-refractivity contribution in [3.8, 4) is 0 Å². The van der Waals surface area contributed by atoms with Crippen molar-refractivity contribution in [2.45, 2.75) is 24.9 Å². The van der Waals surface area contributed by atoms with E-state index in [9.17, 15) is 0 Å². The van der Waals surface area contributed by atoms with E-state index < -0.39 is 0 Å². The quantitative estimate of drug-likeness (QED) is 0.388. The van der Waals surface area contributed by atoms with Crippen LogP contribution in [0, 0.1) is 7.43 Å². The molecule has 0 rings (SSSR count). The van der Waals surface area contributed by atoms with Crippen LogP contribution in [0.25, 0.3) is 0 Å². The summed E-state index contributed by atoms with van der Waals surface area (Å²) in [7, 11) is 0. The van der Waals surface area contributed by atoms with E-state index >= 15 is 0 Å². The molecule has 0 saturated carbocycles. The van der Waals surface area contributed by atoms with E-state index in [2.05, 4.69) is 38.5 Å². The molecule has 0 aromatic rings. The number of hydrogen-bond donors (Lipinski definition) is 0. The van der Waals surface area contributed by atoms with Crippen LogP contribution in [-0.4, -0.2) is 17.7 Å². The summed E-state index contributed by atoms with van der Waals surface area (Å²) < 4.78 is 0.500. The third-order valence-corrected chi connectivity index (χ3v) is 0. The molecule has 0 aliphatic rings. The minimum atomic E-state index is 0. The van der Waals surface area contributed by atoms with Crippen LogP contribution in [0.2, 0.25) is 4.09 Å². The van der Waals surface area contributed by atoms with Gasteiger partial charge in [-0.25, -0.2) is 0 Å². The summed E-state index contributed by atoms with van der Waals surface area (Å²) in [5.74, 6) is 0. The van der Waals surface area contributed by atoms with Crippen molar-refractivity contribution >= 4 is 17.7 Å². The van der Waals surface area contributed by atoms with E-state index in [1.54, 1.807) is 0 Å². The first-order valence-corrected chi connectivity index (χ1v) is 2.00. The summed E-state index contributed by atoms with van der Waals surface area (Å²) in [5.41, 5.74) is 0. The van der Waals surface area contributed by atoms with Crippen molar-refractivity contribution in [2.24, 2.45) is 0 Å². The third-order valence-electron chi connectivity index (χ3n) is 0. The monoisotopic (exact) mass is 79.1 g/mol. The van der Waals surface area contributed by atoms with E-state index in [4.69, 9.17) is 0 Å². The van der Waals surface area contributed by atoms with Crippen molar-refractivity contribution in [1.82, 2.24) is 0 Å². The topological polar surface area (TPSA) is 0 Å². The second kappa shape index (κ2) is 2.72. The van der Waals surface area contributed by atoms with Gasteiger partial charge in [0, 0.05) is 0 Å². The van der Waals surface area contributed by atoms with Gasteiger partial charge in [0.25, 0.3) is 0 Å². The Morgan fingerprint density at radius 3 is 1.17 bits per heavy atom. The molecule has 0 fully saturated rings. The van der Waals surface area contributed by atoms with Crippen LogP contribution in [0.1, 0.15) is 20.8 Å². The molecule has 0 heterocycles. The Morgan fingerprint density at radius 2 is 1.17 bits per heavy atom. The normalized spacial score (nSPS) is 10.2. The molecule has 0 bridgehead atoms. The molecular formula is C5H12Li. The second-order valence-electron chi connectivity index (χ2n) is 3.00. The zero-order valence-corrected chi connectivity index (χ0v) is 5.50. The van der Waals surface area contributed by atoms with Gasteiger partial charge >= 0.3 is 42.6 Å². The molecule has 0 aliphatic heterocycles. The summed E-state index contributed by atoms with van der Waals surface area (Å²) in [6.45, 7) is 6.56. The van der Waals surface area contributed by atoms with Crippen LogP contribution in [0.5, 0.6) is 0 Å². The van der Waals surface area contributed by atoms with Crippen LogP contribution in [0.4, 0.5) is 0 Å². The van der Waals surface area contributed by atoms with Gasteiger partial charge in [0.2, 0.25) is 0 Å². The fourth-order valence-electron chi connectivity index (χ4n) is 0. The van der Waals surface area contributed by atoms with Crippen LogP contribution < -0.4 is 0 Å². The third kappa shape index (κ3) is 167. The van der Waals surface area contributed by atoms with Crippen molar-refractivity contribution < 1.29 is 0 Å². The van der Waals surface area contributed by atoms with E-state index in [1.807, 2.05) is 0 Å². The molecule has 0 spiro atoms. The summed E-state index contributed by atoms with van der Waals surface area (Å²) >= 11 is 2.19. The minimum absolute atomic E-state index is 0. The van der Waals surface area contributed by atoms with Crippen LogP contribution in [-0.2, 0) is 0 Å². The zero-order chi connectivity index (χ0) is 4.50. The van der Waals surface area contributed by atoms with E-state index in [0.717, 1.165) is 0 Å². The molecule has 0 unspecified atom stereocenters. The number of hydrogen-bond acceptors (Lipinski definition) is 0. The molecule has 0 N–H and O–H groups in total. The number of rotatable bonds is 0. The van der Waals surface area contributed by atoms with Gasteiger partial charge in [0.05, 0.1) is 0 Å². The Kier molecular flexibility index (Phi) is 4.43. The predicted octanol–water partition coefficient (Wildman–Crippen LogP) is 1.82. The van der Waals surface area contributed by atoms with Crippen LogP contribution >= 0.6 is 0 Å². The van der Waals surface area contributed by atoms with E-state index in [-0.39, 0.29) is 7.43 Å². The first kappa shape index (κ1) is 9.78. The standard InChI is InChI=1S/C4H9.CH3.Li/c1-4(2)3;;/h1-3H3;1H3;. The zero-order valence-electron chi connectivity index (χ0n) is 5.50. The average molecular weight is 79.1 g/mol. The maximum absolute atomic E-state index is 2.19. The first-order chi connectivity index (χ1) is 2.00. The van der Waals surface area contributed by atoms with Crippen LogP contribution in [0.3, 0.4) is 0 Å². The van der Waals surface area contributed by atoms with Gasteiger partial charge in [-0.15, -0.1) is 0 Å².